The molecule has 2 rings (SSSR count). The molecule has 0 aliphatic rings. The number of nitrogens with zero attached hydrogens (tertiary/aromatic N) is 2. The Morgan fingerprint density at radius 2 is 2.20 bits per heavy atom. The van der Waals surface area contributed by atoms with Gasteiger partial charge in [-0.2, -0.15) is 0 Å². The molecule has 0 aliphatic carbocycles. The summed E-state index contributed by atoms with van der Waals surface area (Å²) in [5, 5.41) is 10.7. The molecule has 1 heterocycles. The Morgan fingerprint density at radius 1 is 1.40 bits per heavy atom. The molecule has 1 aromatic carbocycles. The number of rotatable bonds is 6. The molecular weight excluding hydrogens is 364 g/mol. The quantitative estimate of drug-likeness (QED) is 0.807. The highest BCUT2D eigenvalue weighted by Gasteiger charge is 2.19. The Balaban J connectivity index is 2.30. The molecule has 0 saturated heterocycles. The molecule has 0 amide bonds. The third-order valence-corrected chi connectivity index (χ3v) is 5.51. The van der Waals surface area contributed by atoms with Gasteiger partial charge in [-0.1, -0.05) is 24.3 Å². The van der Waals surface area contributed by atoms with E-state index >= 15 is 0 Å². The van der Waals surface area contributed by atoms with E-state index in [1.165, 1.54) is 5.51 Å². The molecule has 0 radical (unpaired) electrons. The number of hydrogen-bond acceptors (Lipinski definition) is 6. The van der Waals surface area contributed by atoms with Crippen LogP contribution < -0.4 is 10.0 Å². The van der Waals surface area contributed by atoms with Crippen molar-refractivity contribution in [1.29, 1.82) is 0 Å². The number of hydrogen-bond donors (Lipinski definition) is 2. The van der Waals surface area contributed by atoms with Crippen LogP contribution in [0.25, 0.3) is 0 Å². The molecule has 0 atom stereocenters. The van der Waals surface area contributed by atoms with Crippen LogP contribution in [0.3, 0.4) is 0 Å². The van der Waals surface area contributed by atoms with E-state index in [1.807, 2.05) is 13.0 Å². The van der Waals surface area contributed by atoms with E-state index < -0.39 is 10.0 Å². The molecular formula is C11H13BrN4O2S2. The van der Waals surface area contributed by atoms with E-state index in [2.05, 4.69) is 36.2 Å². The summed E-state index contributed by atoms with van der Waals surface area (Å²) < 4.78 is 27.6. The Kier molecular flexibility index (Phi) is 5.08. The maximum absolute atomic E-state index is 12.3. The zero-order chi connectivity index (χ0) is 14.6. The molecule has 108 valence electrons. The Hall–Kier alpha value is -1.03. The predicted molar refractivity (Wildman–Crippen MR) is 82.2 cm³/mol. The van der Waals surface area contributed by atoms with Gasteiger partial charge in [0.1, 0.15) is 10.4 Å². The van der Waals surface area contributed by atoms with Crippen molar-refractivity contribution in [2.75, 3.05) is 11.3 Å². The second kappa shape index (κ2) is 6.61. The van der Waals surface area contributed by atoms with E-state index in [0.29, 0.717) is 11.0 Å². The van der Waals surface area contributed by atoms with Crippen LogP contribution in [0.2, 0.25) is 0 Å². The molecule has 2 aromatic rings. The highest BCUT2D eigenvalue weighted by Crippen LogP contribution is 2.25. The van der Waals surface area contributed by atoms with Gasteiger partial charge in [0, 0.05) is 11.0 Å². The number of nitrogens with one attached hydrogen (secondary N) is 2. The summed E-state index contributed by atoms with van der Waals surface area (Å²) in [4.78, 5) is 0.183. The normalized spacial score (nSPS) is 11.5. The molecule has 0 unspecified atom stereocenters. The van der Waals surface area contributed by atoms with Crippen molar-refractivity contribution in [3.05, 3.63) is 33.7 Å². The summed E-state index contributed by atoms with van der Waals surface area (Å²) >= 11 is 4.39. The van der Waals surface area contributed by atoms with Crippen molar-refractivity contribution in [1.82, 2.24) is 15.5 Å². The fourth-order valence-corrected chi connectivity index (χ4v) is 4.23. The lowest BCUT2D eigenvalue weighted by atomic mass is 10.2. The third kappa shape index (κ3) is 3.75. The van der Waals surface area contributed by atoms with Crippen LogP contribution in [0.5, 0.6) is 0 Å². The van der Waals surface area contributed by atoms with Gasteiger partial charge in [-0.25, -0.2) is 8.42 Å². The highest BCUT2D eigenvalue weighted by molar-refractivity contribution is 9.10. The number of sulfonamides is 1. The van der Waals surface area contributed by atoms with Gasteiger partial charge in [0.05, 0.1) is 0 Å². The SMILES string of the molecule is CCNCc1ccc(Br)c(S(=O)(=O)Nc2nncs2)c1. The summed E-state index contributed by atoms with van der Waals surface area (Å²) in [6.07, 6.45) is 0. The maximum Gasteiger partial charge on any atom is 0.264 e. The number of aromatic nitrogens is 2. The van der Waals surface area contributed by atoms with Crippen molar-refractivity contribution in [2.24, 2.45) is 0 Å². The Labute approximate surface area is 129 Å². The van der Waals surface area contributed by atoms with Crippen LogP contribution in [0.15, 0.2) is 33.1 Å². The van der Waals surface area contributed by atoms with Gasteiger partial charge in [-0.05, 0) is 40.2 Å². The van der Waals surface area contributed by atoms with Crippen molar-refractivity contribution in [3.8, 4) is 0 Å². The first kappa shape index (κ1) is 15.4. The smallest absolute Gasteiger partial charge is 0.264 e. The molecule has 0 saturated carbocycles. The Morgan fingerprint density at radius 3 is 2.85 bits per heavy atom. The Bertz CT molecular complexity index is 674. The van der Waals surface area contributed by atoms with Crippen molar-refractivity contribution in [2.45, 2.75) is 18.4 Å². The van der Waals surface area contributed by atoms with Crippen LogP contribution in [0, 0.1) is 0 Å². The molecule has 0 spiro atoms. The summed E-state index contributed by atoms with van der Waals surface area (Å²) in [5.41, 5.74) is 2.36. The van der Waals surface area contributed by atoms with Gasteiger partial charge >= 0.3 is 0 Å². The molecule has 1 aromatic heterocycles. The minimum Gasteiger partial charge on any atom is -0.313 e. The number of benzene rings is 1. The second-order valence-corrected chi connectivity index (χ2v) is 7.23. The van der Waals surface area contributed by atoms with Crippen molar-refractivity contribution >= 4 is 42.4 Å². The lowest BCUT2D eigenvalue weighted by Gasteiger charge is -2.09. The van der Waals surface area contributed by atoms with Crippen LogP contribution >= 0.6 is 27.3 Å². The molecule has 0 fully saturated rings. The first-order chi connectivity index (χ1) is 9.53. The van der Waals surface area contributed by atoms with Crippen molar-refractivity contribution in [3.63, 3.8) is 0 Å². The minimum absolute atomic E-state index is 0.183. The number of anilines is 1. The van der Waals surface area contributed by atoms with Crippen LogP contribution in [0.4, 0.5) is 5.13 Å². The summed E-state index contributed by atoms with van der Waals surface area (Å²) in [7, 11) is -3.68. The van der Waals surface area contributed by atoms with E-state index in [0.717, 1.165) is 23.4 Å². The van der Waals surface area contributed by atoms with Crippen molar-refractivity contribution < 1.29 is 8.42 Å². The first-order valence-electron chi connectivity index (χ1n) is 5.81. The van der Waals surface area contributed by atoms with Gasteiger partial charge in [0.25, 0.3) is 10.0 Å². The molecule has 9 heteroatoms. The van der Waals surface area contributed by atoms with Gasteiger partial charge in [-0.15, -0.1) is 10.2 Å². The van der Waals surface area contributed by atoms with E-state index in [9.17, 15) is 8.42 Å². The second-order valence-electron chi connectivity index (χ2n) is 3.89. The average Bonchev–Trinajstić information content (AvgIpc) is 2.89. The van der Waals surface area contributed by atoms with Gasteiger partial charge in [-0.3, -0.25) is 4.72 Å². The predicted octanol–water partition coefficient (Wildman–Crippen LogP) is 2.21. The first-order valence-corrected chi connectivity index (χ1v) is 8.96. The topological polar surface area (TPSA) is 84.0 Å². The molecule has 0 bridgehead atoms. The van der Waals surface area contributed by atoms with Crippen LogP contribution in [-0.4, -0.2) is 25.2 Å². The van der Waals surface area contributed by atoms with E-state index in [-0.39, 0.29) is 10.0 Å². The summed E-state index contributed by atoms with van der Waals surface area (Å²) in [5.74, 6) is 0. The largest absolute Gasteiger partial charge is 0.313 e. The lowest BCUT2D eigenvalue weighted by Crippen LogP contribution is -2.15. The zero-order valence-corrected chi connectivity index (χ0v) is 13.8. The molecule has 2 N–H and O–H groups in total. The maximum atomic E-state index is 12.3. The minimum atomic E-state index is -3.68. The lowest BCUT2D eigenvalue weighted by molar-refractivity contribution is 0.600. The average molecular weight is 377 g/mol. The summed E-state index contributed by atoms with van der Waals surface area (Å²) in [6, 6.07) is 5.23. The standard InChI is InChI=1S/C11H13BrN4O2S2/c1-2-13-6-8-3-4-9(12)10(5-8)20(17,18)16-11-15-14-7-19-11/h3-5,7,13H,2,6H2,1H3,(H,15,16). The van der Waals surface area contributed by atoms with E-state index in [1.54, 1.807) is 12.1 Å². The summed E-state index contributed by atoms with van der Waals surface area (Å²) in [6.45, 7) is 3.43. The number of halogens is 1. The fraction of sp³-hybridized carbons (Fsp3) is 0.273. The highest BCUT2D eigenvalue weighted by atomic mass is 79.9. The monoisotopic (exact) mass is 376 g/mol. The molecule has 0 aliphatic heterocycles. The van der Waals surface area contributed by atoms with Crippen LogP contribution in [0.1, 0.15) is 12.5 Å². The van der Waals surface area contributed by atoms with Crippen LogP contribution in [-0.2, 0) is 16.6 Å². The van der Waals surface area contributed by atoms with Gasteiger partial charge in [0.2, 0.25) is 5.13 Å². The molecule has 6 nitrogen and oxygen atoms in total. The zero-order valence-electron chi connectivity index (χ0n) is 10.6. The fourth-order valence-electron chi connectivity index (χ4n) is 1.52. The van der Waals surface area contributed by atoms with Gasteiger partial charge < -0.3 is 5.32 Å². The van der Waals surface area contributed by atoms with Gasteiger partial charge in [0.15, 0.2) is 0 Å². The third-order valence-electron chi connectivity index (χ3n) is 2.45. The van der Waals surface area contributed by atoms with E-state index in [4.69, 9.17) is 0 Å². The molecule has 20 heavy (non-hydrogen) atoms.